The Morgan fingerprint density at radius 1 is 0.931 bits per heavy atom. The van der Waals surface area contributed by atoms with Crippen molar-refractivity contribution in [3.63, 3.8) is 0 Å². The van der Waals surface area contributed by atoms with Crippen molar-refractivity contribution in [3.8, 4) is 11.5 Å². The molecule has 3 aromatic rings. The molecule has 0 saturated carbocycles. The Hall–Kier alpha value is -2.67. The van der Waals surface area contributed by atoms with Gasteiger partial charge in [-0.1, -0.05) is 30.5 Å². The number of aryl methyl sites for hydroxylation is 1. The largest absolute Gasteiger partial charge is 0.419 e. The summed E-state index contributed by atoms with van der Waals surface area (Å²) in [4.78, 5) is 6.51. The second kappa shape index (κ2) is 7.99. The molecule has 7 heteroatoms. The van der Waals surface area contributed by atoms with E-state index in [1.807, 2.05) is 11.8 Å². The third kappa shape index (κ3) is 4.05. The fraction of sp³-hybridized carbons (Fsp3) is 0.318. The monoisotopic (exact) mass is 414 g/mol. The maximum atomic E-state index is 13.4. The van der Waals surface area contributed by atoms with Gasteiger partial charge in [-0.25, -0.2) is 12.8 Å². The van der Waals surface area contributed by atoms with E-state index in [-0.39, 0.29) is 27.5 Å². The van der Waals surface area contributed by atoms with Crippen LogP contribution in [0.2, 0.25) is 0 Å². The van der Waals surface area contributed by atoms with E-state index in [0.717, 1.165) is 31.2 Å². The highest BCUT2D eigenvalue weighted by molar-refractivity contribution is 7.91. The van der Waals surface area contributed by atoms with Crippen LogP contribution in [-0.4, -0.2) is 26.5 Å². The van der Waals surface area contributed by atoms with Crippen LogP contribution in [0.4, 0.5) is 10.3 Å². The van der Waals surface area contributed by atoms with Crippen LogP contribution in [0.25, 0.3) is 11.5 Å². The van der Waals surface area contributed by atoms with Gasteiger partial charge < -0.3 is 9.32 Å². The molecule has 1 fully saturated rings. The molecule has 0 aliphatic carbocycles. The smallest absolute Gasteiger partial charge is 0.236 e. The Labute approximate surface area is 170 Å². The molecule has 0 N–H and O–H groups in total. The second-order valence-electron chi connectivity index (χ2n) is 7.35. The van der Waals surface area contributed by atoms with Gasteiger partial charge in [0.2, 0.25) is 26.6 Å². The molecule has 0 spiro atoms. The van der Waals surface area contributed by atoms with Crippen LogP contribution in [0.5, 0.6) is 0 Å². The van der Waals surface area contributed by atoms with E-state index in [2.05, 4.69) is 4.98 Å². The summed E-state index contributed by atoms with van der Waals surface area (Å²) in [6, 6.07) is 12.4. The third-order valence-corrected chi connectivity index (χ3v) is 6.82. The Morgan fingerprint density at radius 2 is 1.55 bits per heavy atom. The number of nitrogens with zero attached hydrogens (tertiary/aromatic N) is 2. The number of sulfone groups is 1. The standard InChI is InChI=1S/C22H23FN2O3S/c1-16-6-12-19(13-7-16)29(26,27)21-22(25-14-4-2-3-5-15-25)28-20(24-21)17-8-10-18(23)11-9-17/h6-13H,2-5,14-15H2,1H3. The zero-order chi connectivity index (χ0) is 20.4. The molecule has 1 aromatic heterocycles. The van der Waals surface area contributed by atoms with Crippen LogP contribution in [0.1, 0.15) is 31.2 Å². The minimum Gasteiger partial charge on any atom is -0.419 e. The first-order chi connectivity index (χ1) is 13.9. The zero-order valence-corrected chi connectivity index (χ0v) is 17.1. The first-order valence-electron chi connectivity index (χ1n) is 9.78. The van der Waals surface area contributed by atoms with Crippen LogP contribution in [0.3, 0.4) is 0 Å². The van der Waals surface area contributed by atoms with E-state index in [0.29, 0.717) is 18.7 Å². The summed E-state index contributed by atoms with van der Waals surface area (Å²) in [6.07, 6.45) is 4.15. The molecule has 1 saturated heterocycles. The molecule has 0 amide bonds. The van der Waals surface area contributed by atoms with Gasteiger partial charge in [0, 0.05) is 18.7 Å². The number of oxazole rings is 1. The molecule has 2 heterocycles. The van der Waals surface area contributed by atoms with Gasteiger partial charge >= 0.3 is 0 Å². The normalized spacial score (nSPS) is 15.3. The highest BCUT2D eigenvalue weighted by Crippen LogP contribution is 2.35. The van der Waals surface area contributed by atoms with E-state index in [1.165, 1.54) is 24.3 Å². The van der Waals surface area contributed by atoms with Gasteiger partial charge in [-0.15, -0.1) is 0 Å². The summed E-state index contributed by atoms with van der Waals surface area (Å²) in [7, 11) is -3.86. The van der Waals surface area contributed by atoms with Crippen molar-refractivity contribution in [2.45, 2.75) is 42.5 Å². The van der Waals surface area contributed by atoms with E-state index >= 15 is 0 Å². The lowest BCUT2D eigenvalue weighted by Gasteiger charge is -2.20. The van der Waals surface area contributed by atoms with E-state index in [4.69, 9.17) is 4.42 Å². The van der Waals surface area contributed by atoms with E-state index in [1.54, 1.807) is 24.3 Å². The number of rotatable bonds is 4. The first-order valence-corrected chi connectivity index (χ1v) is 11.3. The highest BCUT2D eigenvalue weighted by Gasteiger charge is 2.31. The average Bonchev–Trinajstić information content (AvgIpc) is 2.99. The van der Waals surface area contributed by atoms with Crippen molar-refractivity contribution in [1.29, 1.82) is 0 Å². The van der Waals surface area contributed by atoms with Crippen molar-refractivity contribution in [1.82, 2.24) is 4.98 Å². The van der Waals surface area contributed by atoms with Crippen molar-refractivity contribution in [3.05, 3.63) is 59.9 Å². The maximum Gasteiger partial charge on any atom is 0.236 e. The number of halogens is 1. The zero-order valence-electron chi connectivity index (χ0n) is 16.3. The van der Waals surface area contributed by atoms with Gasteiger partial charge in [0.1, 0.15) is 5.82 Å². The van der Waals surface area contributed by atoms with Gasteiger partial charge in [-0.05, 0) is 56.2 Å². The molecular weight excluding hydrogens is 391 g/mol. The fourth-order valence-electron chi connectivity index (χ4n) is 3.49. The summed E-state index contributed by atoms with van der Waals surface area (Å²) in [6.45, 7) is 3.34. The van der Waals surface area contributed by atoms with E-state index in [9.17, 15) is 12.8 Å². The van der Waals surface area contributed by atoms with Crippen molar-refractivity contribution < 1.29 is 17.2 Å². The molecule has 4 rings (SSSR count). The lowest BCUT2D eigenvalue weighted by molar-refractivity contribution is 0.543. The van der Waals surface area contributed by atoms with Crippen LogP contribution >= 0.6 is 0 Å². The third-order valence-electron chi connectivity index (χ3n) is 5.15. The van der Waals surface area contributed by atoms with Crippen molar-refractivity contribution in [2.75, 3.05) is 18.0 Å². The summed E-state index contributed by atoms with van der Waals surface area (Å²) < 4.78 is 46.1. The topological polar surface area (TPSA) is 63.4 Å². The number of hydrogen-bond acceptors (Lipinski definition) is 5. The molecule has 0 unspecified atom stereocenters. The van der Waals surface area contributed by atoms with Gasteiger partial charge in [0.15, 0.2) is 0 Å². The Morgan fingerprint density at radius 3 is 2.17 bits per heavy atom. The summed E-state index contributed by atoms with van der Waals surface area (Å²) in [5.74, 6) is 0.0716. The lowest BCUT2D eigenvalue weighted by atomic mass is 10.2. The van der Waals surface area contributed by atoms with E-state index < -0.39 is 9.84 Å². The molecular formula is C22H23FN2O3S. The summed E-state index contributed by atoms with van der Waals surface area (Å²) >= 11 is 0. The van der Waals surface area contributed by atoms with Gasteiger partial charge in [-0.2, -0.15) is 4.98 Å². The minimum atomic E-state index is -3.86. The van der Waals surface area contributed by atoms with Gasteiger partial charge in [0.25, 0.3) is 0 Å². The van der Waals surface area contributed by atoms with Crippen LogP contribution in [0, 0.1) is 12.7 Å². The Kier molecular flexibility index (Phi) is 5.41. The molecule has 29 heavy (non-hydrogen) atoms. The number of aromatic nitrogens is 1. The second-order valence-corrected chi connectivity index (χ2v) is 9.22. The van der Waals surface area contributed by atoms with Gasteiger partial charge in [-0.3, -0.25) is 0 Å². The lowest BCUT2D eigenvalue weighted by Crippen LogP contribution is -2.25. The molecule has 0 bridgehead atoms. The van der Waals surface area contributed by atoms with Crippen molar-refractivity contribution in [2.24, 2.45) is 0 Å². The minimum absolute atomic E-state index is 0.0809. The fourth-order valence-corrected chi connectivity index (χ4v) is 4.81. The van der Waals surface area contributed by atoms with Crippen LogP contribution in [0.15, 0.2) is 62.9 Å². The molecule has 0 radical (unpaired) electrons. The Bertz CT molecular complexity index is 1080. The molecule has 152 valence electrons. The first kappa shape index (κ1) is 19.6. The summed E-state index contributed by atoms with van der Waals surface area (Å²) in [5, 5.41) is -0.0809. The number of benzene rings is 2. The summed E-state index contributed by atoms with van der Waals surface area (Å²) in [5.41, 5.74) is 1.51. The number of hydrogen-bond donors (Lipinski definition) is 0. The van der Waals surface area contributed by atoms with Crippen molar-refractivity contribution >= 4 is 15.7 Å². The molecule has 2 aromatic carbocycles. The van der Waals surface area contributed by atoms with Crippen LogP contribution in [-0.2, 0) is 9.84 Å². The van der Waals surface area contributed by atoms with Crippen LogP contribution < -0.4 is 4.90 Å². The molecule has 1 aliphatic heterocycles. The predicted molar refractivity (Wildman–Crippen MR) is 109 cm³/mol. The quantitative estimate of drug-likeness (QED) is 0.601. The Balaban J connectivity index is 1.83. The average molecular weight is 415 g/mol. The molecule has 5 nitrogen and oxygen atoms in total. The highest BCUT2D eigenvalue weighted by atomic mass is 32.2. The van der Waals surface area contributed by atoms with Gasteiger partial charge in [0.05, 0.1) is 4.90 Å². The maximum absolute atomic E-state index is 13.4. The SMILES string of the molecule is Cc1ccc(S(=O)(=O)c2nc(-c3ccc(F)cc3)oc2N2CCCCCC2)cc1. The predicted octanol–water partition coefficient (Wildman–Crippen LogP) is 5.00. The molecule has 0 atom stereocenters. The number of anilines is 1. The molecule has 1 aliphatic rings.